The fourth-order valence-corrected chi connectivity index (χ4v) is 1.93. The number of rotatable bonds is 2. The number of hydrogen-bond acceptors (Lipinski definition) is 2. The number of ether oxygens (including phenoxy) is 1. The Morgan fingerprint density at radius 1 is 1.26 bits per heavy atom. The highest BCUT2D eigenvalue weighted by molar-refractivity contribution is 5.82. The van der Waals surface area contributed by atoms with Crippen LogP contribution in [0.25, 0.3) is 10.9 Å². The number of halogens is 3. The number of aromatic amines is 1. The summed E-state index contributed by atoms with van der Waals surface area (Å²) in [7, 11) is 1.16. The number of fused-ring (bicyclic) bond motifs is 1. The van der Waals surface area contributed by atoms with Crippen LogP contribution in [-0.4, -0.2) is 12.1 Å². The summed E-state index contributed by atoms with van der Waals surface area (Å²) in [6.07, 6.45) is -4.04. The van der Waals surface area contributed by atoms with Crippen LogP contribution in [0.15, 0.2) is 23.0 Å². The maximum Gasteiger partial charge on any atom is 0.419 e. The van der Waals surface area contributed by atoms with Crippen molar-refractivity contribution in [2.45, 2.75) is 19.5 Å². The maximum absolute atomic E-state index is 12.9. The number of H-pyrrole nitrogens is 1. The van der Waals surface area contributed by atoms with Crippen LogP contribution >= 0.6 is 0 Å². The lowest BCUT2D eigenvalue weighted by Gasteiger charge is -2.13. The average molecular weight is 271 g/mol. The van der Waals surface area contributed by atoms with Gasteiger partial charge >= 0.3 is 6.18 Å². The second-order valence-electron chi connectivity index (χ2n) is 4.11. The van der Waals surface area contributed by atoms with Crippen molar-refractivity contribution in [3.8, 4) is 5.75 Å². The molecule has 0 atom stereocenters. The number of nitrogens with one attached hydrogen (secondary N) is 1. The van der Waals surface area contributed by atoms with E-state index in [0.717, 1.165) is 13.2 Å². The molecule has 0 radical (unpaired) electrons. The topological polar surface area (TPSA) is 42.1 Å². The Morgan fingerprint density at radius 3 is 2.47 bits per heavy atom. The predicted octanol–water partition coefficient (Wildman–Crippen LogP) is 3.12. The first-order valence-corrected chi connectivity index (χ1v) is 5.68. The molecule has 1 N–H and O–H groups in total. The van der Waals surface area contributed by atoms with Crippen LogP contribution in [0.5, 0.6) is 5.75 Å². The van der Waals surface area contributed by atoms with Gasteiger partial charge in [-0.2, -0.15) is 13.2 Å². The molecule has 1 aromatic heterocycles. The summed E-state index contributed by atoms with van der Waals surface area (Å²) in [5.74, 6) is -0.306. The number of alkyl halides is 3. The summed E-state index contributed by atoms with van der Waals surface area (Å²) < 4.78 is 43.4. The number of aryl methyl sites for hydroxylation is 1. The van der Waals surface area contributed by atoms with E-state index in [1.165, 1.54) is 12.1 Å². The zero-order valence-electron chi connectivity index (χ0n) is 10.4. The van der Waals surface area contributed by atoms with Crippen molar-refractivity contribution in [2.24, 2.45) is 0 Å². The van der Waals surface area contributed by atoms with Gasteiger partial charge in [-0.25, -0.2) is 0 Å². The molecule has 0 bridgehead atoms. The van der Waals surface area contributed by atoms with E-state index in [9.17, 15) is 18.0 Å². The summed E-state index contributed by atoms with van der Waals surface area (Å²) in [5.41, 5.74) is -0.369. The van der Waals surface area contributed by atoms with E-state index in [1.54, 1.807) is 6.92 Å². The highest BCUT2D eigenvalue weighted by atomic mass is 19.4. The molecular formula is C13H12F3NO2. The molecule has 0 unspecified atom stereocenters. The molecule has 0 aliphatic heterocycles. The minimum atomic E-state index is -4.50. The van der Waals surface area contributed by atoms with E-state index in [4.69, 9.17) is 4.74 Å². The minimum absolute atomic E-state index is 0.295. The number of pyridine rings is 1. The Kier molecular flexibility index (Phi) is 3.26. The Balaban J connectivity index is 2.79. The van der Waals surface area contributed by atoms with Crippen molar-refractivity contribution in [3.63, 3.8) is 0 Å². The molecule has 3 nitrogen and oxygen atoms in total. The molecule has 102 valence electrons. The molecule has 2 aromatic rings. The van der Waals surface area contributed by atoms with Gasteiger partial charge in [0.1, 0.15) is 5.75 Å². The minimum Gasteiger partial charge on any atom is -0.496 e. The van der Waals surface area contributed by atoms with Crippen molar-refractivity contribution in [1.29, 1.82) is 0 Å². The predicted molar refractivity (Wildman–Crippen MR) is 65.5 cm³/mol. The summed E-state index contributed by atoms with van der Waals surface area (Å²) in [5, 5.41) is 0.338. The molecule has 0 fully saturated rings. The standard InChI is InChI=1S/C13H12F3NO2/c1-3-7-4-8-5-9(13(14,15)16)11(19-2)6-10(8)17-12(7)18/h4-6H,3H2,1-2H3,(H,17,18). The molecule has 0 aliphatic rings. The van der Waals surface area contributed by atoms with Crippen LogP contribution in [0.1, 0.15) is 18.1 Å². The van der Waals surface area contributed by atoms with E-state index >= 15 is 0 Å². The number of benzene rings is 1. The fraction of sp³-hybridized carbons (Fsp3) is 0.308. The summed E-state index contributed by atoms with van der Waals surface area (Å²) >= 11 is 0. The van der Waals surface area contributed by atoms with E-state index in [-0.39, 0.29) is 11.3 Å². The largest absolute Gasteiger partial charge is 0.496 e. The molecule has 0 saturated heterocycles. The van der Waals surface area contributed by atoms with Gasteiger partial charge in [-0.1, -0.05) is 6.92 Å². The first-order chi connectivity index (χ1) is 8.86. The lowest BCUT2D eigenvalue weighted by molar-refractivity contribution is -0.138. The third-order valence-corrected chi connectivity index (χ3v) is 2.93. The van der Waals surface area contributed by atoms with Gasteiger partial charge in [-0.15, -0.1) is 0 Å². The second-order valence-corrected chi connectivity index (χ2v) is 4.11. The summed E-state index contributed by atoms with van der Waals surface area (Å²) in [4.78, 5) is 14.2. The van der Waals surface area contributed by atoms with Crippen molar-refractivity contribution in [3.05, 3.63) is 39.7 Å². The fourth-order valence-electron chi connectivity index (χ4n) is 1.93. The van der Waals surface area contributed by atoms with Gasteiger partial charge < -0.3 is 9.72 Å². The van der Waals surface area contributed by atoms with E-state index < -0.39 is 11.7 Å². The summed E-state index contributed by atoms with van der Waals surface area (Å²) in [6, 6.07) is 3.66. The second kappa shape index (κ2) is 4.60. The molecular weight excluding hydrogens is 259 g/mol. The molecule has 0 amide bonds. The zero-order chi connectivity index (χ0) is 14.2. The monoisotopic (exact) mass is 271 g/mol. The zero-order valence-corrected chi connectivity index (χ0v) is 10.4. The smallest absolute Gasteiger partial charge is 0.419 e. The van der Waals surface area contributed by atoms with Gasteiger partial charge in [-0.3, -0.25) is 4.79 Å². The molecule has 0 saturated carbocycles. The molecule has 0 aliphatic carbocycles. The molecule has 1 heterocycles. The third-order valence-electron chi connectivity index (χ3n) is 2.93. The van der Waals surface area contributed by atoms with Gasteiger partial charge in [0.15, 0.2) is 0 Å². The molecule has 6 heteroatoms. The van der Waals surface area contributed by atoms with Crippen LogP contribution in [0, 0.1) is 0 Å². The van der Waals surface area contributed by atoms with E-state index in [2.05, 4.69) is 4.98 Å². The van der Waals surface area contributed by atoms with Crippen molar-refractivity contribution >= 4 is 10.9 Å². The number of methoxy groups -OCH3 is 1. The first kappa shape index (κ1) is 13.5. The normalized spacial score (nSPS) is 11.8. The van der Waals surface area contributed by atoms with Crippen LogP contribution in [0.2, 0.25) is 0 Å². The van der Waals surface area contributed by atoms with Gasteiger partial charge in [0.25, 0.3) is 5.56 Å². The Morgan fingerprint density at radius 2 is 1.95 bits per heavy atom. The van der Waals surface area contributed by atoms with Gasteiger partial charge in [0, 0.05) is 11.6 Å². The molecule has 2 rings (SSSR count). The van der Waals surface area contributed by atoms with E-state index in [1.807, 2.05) is 0 Å². The van der Waals surface area contributed by atoms with Crippen LogP contribution in [0.4, 0.5) is 13.2 Å². The number of hydrogen-bond donors (Lipinski definition) is 1. The maximum atomic E-state index is 12.9. The Hall–Kier alpha value is -1.98. The number of aromatic nitrogens is 1. The van der Waals surface area contributed by atoms with Gasteiger partial charge in [0.05, 0.1) is 18.2 Å². The van der Waals surface area contributed by atoms with Crippen molar-refractivity contribution in [1.82, 2.24) is 4.98 Å². The third kappa shape index (κ3) is 2.43. The molecule has 19 heavy (non-hydrogen) atoms. The van der Waals surface area contributed by atoms with Gasteiger partial charge in [0.2, 0.25) is 0 Å². The quantitative estimate of drug-likeness (QED) is 0.911. The Bertz CT molecular complexity index is 674. The van der Waals surface area contributed by atoms with E-state index in [0.29, 0.717) is 22.9 Å². The van der Waals surface area contributed by atoms with Crippen LogP contribution in [-0.2, 0) is 12.6 Å². The lowest BCUT2D eigenvalue weighted by atomic mass is 10.1. The van der Waals surface area contributed by atoms with Crippen LogP contribution < -0.4 is 10.3 Å². The van der Waals surface area contributed by atoms with Gasteiger partial charge in [-0.05, 0) is 23.9 Å². The highest BCUT2D eigenvalue weighted by Gasteiger charge is 2.34. The van der Waals surface area contributed by atoms with Crippen molar-refractivity contribution < 1.29 is 17.9 Å². The summed E-state index contributed by atoms with van der Waals surface area (Å²) in [6.45, 7) is 1.77. The Labute approximate surface area is 107 Å². The van der Waals surface area contributed by atoms with Crippen LogP contribution in [0.3, 0.4) is 0 Å². The average Bonchev–Trinajstić information content (AvgIpc) is 2.35. The molecule has 1 aromatic carbocycles. The molecule has 0 spiro atoms. The lowest BCUT2D eigenvalue weighted by Crippen LogP contribution is -2.13. The first-order valence-electron chi connectivity index (χ1n) is 5.68. The SMILES string of the molecule is CCc1cc2cc(C(F)(F)F)c(OC)cc2[nH]c1=O. The highest BCUT2D eigenvalue weighted by Crippen LogP contribution is 2.38. The van der Waals surface area contributed by atoms with Crippen molar-refractivity contribution in [2.75, 3.05) is 7.11 Å².